The summed E-state index contributed by atoms with van der Waals surface area (Å²) in [4.78, 5) is 11.5. The minimum atomic E-state index is 0.355. The Bertz CT molecular complexity index is 944. The smallest absolute Gasteiger partial charge is 0.245 e. The normalized spacial score (nSPS) is 17.1. The molecule has 0 saturated carbocycles. The summed E-state index contributed by atoms with van der Waals surface area (Å²) < 4.78 is 15.6. The highest BCUT2D eigenvalue weighted by Gasteiger charge is 2.23. The fourth-order valence-electron chi connectivity index (χ4n) is 3.35. The molecule has 27 heavy (non-hydrogen) atoms. The predicted octanol–water partition coefficient (Wildman–Crippen LogP) is 3.01. The van der Waals surface area contributed by atoms with E-state index in [9.17, 15) is 0 Å². The van der Waals surface area contributed by atoms with Crippen LogP contribution >= 0.6 is 0 Å². The highest BCUT2D eigenvalue weighted by atomic mass is 16.6. The Labute approximate surface area is 156 Å². The maximum Gasteiger partial charge on any atom is 0.245 e. The Morgan fingerprint density at radius 3 is 2.70 bits per heavy atom. The molecule has 9 nitrogen and oxygen atoms in total. The molecule has 0 radical (unpaired) electrons. The molecule has 4 rings (SSSR count). The molecule has 1 aliphatic heterocycles. The van der Waals surface area contributed by atoms with Crippen LogP contribution in [0.2, 0.25) is 0 Å². The van der Waals surface area contributed by atoms with Crippen molar-refractivity contribution < 1.29 is 14.1 Å². The Balaban J connectivity index is 1.77. The Morgan fingerprint density at radius 1 is 1.15 bits per heavy atom. The van der Waals surface area contributed by atoms with E-state index in [1.165, 1.54) is 6.42 Å². The molecule has 0 unspecified atom stereocenters. The van der Waals surface area contributed by atoms with E-state index in [-0.39, 0.29) is 0 Å². The van der Waals surface area contributed by atoms with Crippen molar-refractivity contribution in [2.24, 2.45) is 5.92 Å². The predicted molar refractivity (Wildman–Crippen MR) is 101 cm³/mol. The molecule has 1 aliphatic rings. The number of nitrogens with one attached hydrogen (secondary N) is 1. The highest BCUT2D eigenvalue weighted by molar-refractivity contribution is 5.79. The van der Waals surface area contributed by atoms with Gasteiger partial charge in [-0.1, -0.05) is 6.92 Å². The second-order valence-corrected chi connectivity index (χ2v) is 6.69. The topological polar surface area (TPSA) is 98.4 Å². The SMILES string of the molecule is COc1ccc(OC)c(Nc2nc3nonc3nc2N2CCC[C@H](C)C2)c1. The standard InChI is InChI=1S/C18H22N6O3/c1-11-5-4-8-24(10-11)18-17(20-15-16(21-18)23-27-22-15)19-13-9-12(25-2)6-7-14(13)26-3/h6-7,9,11H,4-5,8,10H2,1-3H3,(H,19,20,22)/t11-/m0/s1. The molecule has 2 aromatic heterocycles. The average molecular weight is 370 g/mol. The highest BCUT2D eigenvalue weighted by Crippen LogP contribution is 2.35. The van der Waals surface area contributed by atoms with Gasteiger partial charge in [-0.25, -0.2) is 14.6 Å². The number of benzene rings is 1. The number of hydrogen-bond donors (Lipinski definition) is 1. The van der Waals surface area contributed by atoms with Gasteiger partial charge < -0.3 is 19.7 Å². The summed E-state index contributed by atoms with van der Waals surface area (Å²) in [6, 6.07) is 5.54. The number of rotatable bonds is 5. The molecule has 3 heterocycles. The van der Waals surface area contributed by atoms with Crippen molar-refractivity contribution >= 4 is 28.6 Å². The number of nitrogens with zero attached hydrogens (tertiary/aromatic N) is 5. The third kappa shape index (κ3) is 3.44. The number of piperidine rings is 1. The molecule has 1 atom stereocenters. The lowest BCUT2D eigenvalue weighted by molar-refractivity contribution is 0.314. The van der Waals surface area contributed by atoms with E-state index >= 15 is 0 Å². The Kier molecular flexibility index (Phi) is 4.66. The second kappa shape index (κ2) is 7.26. The zero-order valence-corrected chi connectivity index (χ0v) is 15.6. The van der Waals surface area contributed by atoms with E-state index in [0.717, 1.165) is 31.0 Å². The Hall–Kier alpha value is -3.10. The van der Waals surface area contributed by atoms with Gasteiger partial charge in [0.15, 0.2) is 11.6 Å². The summed E-state index contributed by atoms with van der Waals surface area (Å²) in [6.45, 7) is 4.07. The van der Waals surface area contributed by atoms with Gasteiger partial charge >= 0.3 is 0 Å². The molecular weight excluding hydrogens is 348 g/mol. The lowest BCUT2D eigenvalue weighted by Crippen LogP contribution is -2.35. The molecule has 0 aliphatic carbocycles. The zero-order chi connectivity index (χ0) is 18.8. The molecule has 1 saturated heterocycles. The second-order valence-electron chi connectivity index (χ2n) is 6.69. The third-order valence-electron chi connectivity index (χ3n) is 4.71. The van der Waals surface area contributed by atoms with Gasteiger partial charge in [-0.2, -0.15) is 0 Å². The van der Waals surface area contributed by atoms with Gasteiger partial charge in [-0.3, -0.25) is 0 Å². The van der Waals surface area contributed by atoms with Crippen LogP contribution in [0.15, 0.2) is 22.8 Å². The summed E-state index contributed by atoms with van der Waals surface area (Å²) >= 11 is 0. The molecular formula is C18H22N6O3. The Morgan fingerprint density at radius 2 is 1.96 bits per heavy atom. The first kappa shape index (κ1) is 17.3. The van der Waals surface area contributed by atoms with Crippen LogP contribution in [-0.2, 0) is 0 Å². The van der Waals surface area contributed by atoms with Gasteiger partial charge in [-0.15, -0.1) is 0 Å². The maximum absolute atomic E-state index is 5.47. The van der Waals surface area contributed by atoms with Crippen molar-refractivity contribution in [2.75, 3.05) is 37.5 Å². The number of fused-ring (bicyclic) bond motifs is 1. The number of hydrogen-bond acceptors (Lipinski definition) is 9. The first-order chi connectivity index (χ1) is 13.2. The van der Waals surface area contributed by atoms with Crippen LogP contribution in [0.5, 0.6) is 11.5 Å². The van der Waals surface area contributed by atoms with Gasteiger partial charge in [0.05, 0.1) is 19.9 Å². The van der Waals surface area contributed by atoms with E-state index in [0.29, 0.717) is 34.5 Å². The molecule has 1 aromatic carbocycles. The van der Waals surface area contributed by atoms with E-state index < -0.39 is 0 Å². The van der Waals surface area contributed by atoms with E-state index in [4.69, 9.17) is 14.1 Å². The van der Waals surface area contributed by atoms with Crippen molar-refractivity contribution in [3.63, 3.8) is 0 Å². The van der Waals surface area contributed by atoms with Crippen molar-refractivity contribution in [3.05, 3.63) is 18.2 Å². The summed E-state index contributed by atoms with van der Waals surface area (Å²) in [7, 11) is 3.25. The first-order valence-corrected chi connectivity index (χ1v) is 8.92. The monoisotopic (exact) mass is 370 g/mol. The molecule has 0 bridgehead atoms. The van der Waals surface area contributed by atoms with Crippen LogP contribution in [0, 0.1) is 5.92 Å². The van der Waals surface area contributed by atoms with Crippen molar-refractivity contribution in [3.8, 4) is 11.5 Å². The molecule has 9 heteroatoms. The largest absolute Gasteiger partial charge is 0.497 e. The summed E-state index contributed by atoms with van der Waals surface area (Å²) in [6.07, 6.45) is 2.32. The lowest BCUT2D eigenvalue weighted by atomic mass is 10.0. The molecule has 0 spiro atoms. The van der Waals surface area contributed by atoms with Crippen LogP contribution in [0.4, 0.5) is 17.3 Å². The zero-order valence-electron chi connectivity index (χ0n) is 15.6. The first-order valence-electron chi connectivity index (χ1n) is 8.92. The summed E-state index contributed by atoms with van der Waals surface area (Å²) in [5, 5.41) is 11.0. The molecule has 3 aromatic rings. The molecule has 142 valence electrons. The van der Waals surface area contributed by atoms with Crippen molar-refractivity contribution in [2.45, 2.75) is 19.8 Å². The van der Waals surface area contributed by atoms with Crippen molar-refractivity contribution in [1.29, 1.82) is 0 Å². The number of methoxy groups -OCH3 is 2. The van der Waals surface area contributed by atoms with Gasteiger partial charge in [-0.05, 0) is 41.2 Å². The average Bonchev–Trinajstić information content (AvgIpc) is 3.14. The summed E-state index contributed by atoms with van der Waals surface area (Å²) in [5.74, 6) is 3.29. The van der Waals surface area contributed by atoms with E-state index in [1.54, 1.807) is 14.2 Å². The third-order valence-corrected chi connectivity index (χ3v) is 4.71. The number of ether oxygens (including phenoxy) is 2. The van der Waals surface area contributed by atoms with Crippen LogP contribution < -0.4 is 19.7 Å². The quantitative estimate of drug-likeness (QED) is 0.726. The van der Waals surface area contributed by atoms with Gasteiger partial charge in [0, 0.05) is 19.2 Å². The van der Waals surface area contributed by atoms with Gasteiger partial charge in [0.25, 0.3) is 0 Å². The molecule has 1 fully saturated rings. The van der Waals surface area contributed by atoms with Crippen molar-refractivity contribution in [1.82, 2.24) is 20.3 Å². The molecule has 0 amide bonds. The van der Waals surface area contributed by atoms with E-state index in [1.807, 2.05) is 18.2 Å². The molecule has 1 N–H and O–H groups in total. The van der Waals surface area contributed by atoms with E-state index in [2.05, 4.69) is 37.4 Å². The fraction of sp³-hybridized carbons (Fsp3) is 0.444. The van der Waals surface area contributed by atoms with Gasteiger partial charge in [0.1, 0.15) is 11.5 Å². The van der Waals surface area contributed by atoms with Gasteiger partial charge in [0.2, 0.25) is 11.3 Å². The van der Waals surface area contributed by atoms with Crippen LogP contribution in [0.3, 0.4) is 0 Å². The van der Waals surface area contributed by atoms with Crippen LogP contribution in [0.1, 0.15) is 19.8 Å². The number of anilines is 3. The minimum absolute atomic E-state index is 0.355. The summed E-state index contributed by atoms with van der Waals surface area (Å²) in [5.41, 5.74) is 1.48. The number of aromatic nitrogens is 4. The van der Waals surface area contributed by atoms with Crippen LogP contribution in [-0.4, -0.2) is 47.6 Å². The fourth-order valence-corrected chi connectivity index (χ4v) is 3.35. The van der Waals surface area contributed by atoms with Crippen LogP contribution in [0.25, 0.3) is 11.3 Å². The lowest BCUT2D eigenvalue weighted by Gasteiger charge is -2.32. The minimum Gasteiger partial charge on any atom is -0.497 e. The maximum atomic E-state index is 5.47.